The predicted molar refractivity (Wildman–Crippen MR) is 62.5 cm³/mol. The molecule has 1 rings (SSSR count). The fraction of sp³-hybridized carbons (Fsp3) is 0.917. The average molecular weight is 212 g/mol. The van der Waals surface area contributed by atoms with Gasteiger partial charge in [-0.05, 0) is 18.8 Å². The van der Waals surface area contributed by atoms with E-state index in [1.807, 2.05) is 4.90 Å². The third-order valence-electron chi connectivity index (χ3n) is 2.71. The van der Waals surface area contributed by atoms with E-state index in [1.54, 1.807) is 0 Å². The molecule has 0 bridgehead atoms. The maximum atomic E-state index is 12.0. The third-order valence-corrected chi connectivity index (χ3v) is 2.71. The number of hydrogen-bond donors (Lipinski definition) is 1. The highest BCUT2D eigenvalue weighted by Gasteiger charge is 2.37. The summed E-state index contributed by atoms with van der Waals surface area (Å²) >= 11 is 0. The molecule has 1 amide bonds. The quantitative estimate of drug-likeness (QED) is 0.776. The molecule has 0 aliphatic carbocycles. The number of amides is 1. The monoisotopic (exact) mass is 212 g/mol. The molecule has 0 saturated carbocycles. The summed E-state index contributed by atoms with van der Waals surface area (Å²) in [4.78, 5) is 14.0. The molecule has 0 radical (unpaired) electrons. The van der Waals surface area contributed by atoms with Crippen LogP contribution in [-0.2, 0) is 4.79 Å². The molecule has 1 N–H and O–H groups in total. The molecule has 1 aliphatic rings. The van der Waals surface area contributed by atoms with Crippen LogP contribution in [0.1, 0.15) is 47.5 Å². The number of hydrogen-bond acceptors (Lipinski definition) is 2. The van der Waals surface area contributed by atoms with Crippen molar-refractivity contribution in [1.29, 1.82) is 0 Å². The molecule has 1 fully saturated rings. The first-order valence-electron chi connectivity index (χ1n) is 5.91. The smallest absolute Gasteiger partial charge is 0.241 e. The highest BCUT2D eigenvalue weighted by Crippen LogP contribution is 2.21. The Labute approximate surface area is 93.2 Å². The summed E-state index contributed by atoms with van der Waals surface area (Å²) in [7, 11) is 0. The van der Waals surface area contributed by atoms with Crippen LogP contribution in [0.25, 0.3) is 0 Å². The van der Waals surface area contributed by atoms with E-state index in [0.717, 1.165) is 19.4 Å². The van der Waals surface area contributed by atoms with Crippen molar-refractivity contribution in [2.75, 3.05) is 6.54 Å². The number of carbonyl (C=O) groups excluding carboxylic acids is 1. The van der Waals surface area contributed by atoms with Gasteiger partial charge in [-0.15, -0.1) is 0 Å². The zero-order chi connectivity index (χ0) is 11.6. The Bertz CT molecular complexity index is 232. The summed E-state index contributed by atoms with van der Waals surface area (Å²) in [6.45, 7) is 11.5. The van der Waals surface area contributed by atoms with Crippen LogP contribution in [0.15, 0.2) is 0 Å². The van der Waals surface area contributed by atoms with E-state index < -0.39 is 0 Å². The number of rotatable bonds is 3. The second-order valence-corrected chi connectivity index (χ2v) is 5.71. The van der Waals surface area contributed by atoms with Crippen LogP contribution >= 0.6 is 0 Å². The van der Waals surface area contributed by atoms with Gasteiger partial charge in [0.25, 0.3) is 0 Å². The van der Waals surface area contributed by atoms with Crippen LogP contribution in [0.4, 0.5) is 0 Å². The molecule has 0 aromatic heterocycles. The van der Waals surface area contributed by atoms with E-state index in [0.29, 0.717) is 0 Å². The van der Waals surface area contributed by atoms with Gasteiger partial charge >= 0.3 is 0 Å². The van der Waals surface area contributed by atoms with Crippen molar-refractivity contribution in [1.82, 2.24) is 10.2 Å². The van der Waals surface area contributed by atoms with E-state index in [4.69, 9.17) is 0 Å². The van der Waals surface area contributed by atoms with Gasteiger partial charge in [0, 0.05) is 6.54 Å². The lowest BCUT2D eigenvalue weighted by Gasteiger charge is -2.29. The van der Waals surface area contributed by atoms with Crippen LogP contribution < -0.4 is 5.32 Å². The zero-order valence-corrected chi connectivity index (χ0v) is 10.6. The molecule has 88 valence electrons. The third kappa shape index (κ3) is 3.20. The second-order valence-electron chi connectivity index (χ2n) is 5.71. The van der Waals surface area contributed by atoms with Gasteiger partial charge in [0.15, 0.2) is 0 Å². The number of carbonyl (C=O) groups is 1. The predicted octanol–water partition coefficient (Wildman–Crippen LogP) is 1.98. The van der Waals surface area contributed by atoms with Gasteiger partial charge in [-0.3, -0.25) is 10.1 Å². The van der Waals surface area contributed by atoms with Gasteiger partial charge in [-0.2, -0.15) is 0 Å². The maximum Gasteiger partial charge on any atom is 0.241 e. The normalized spacial score (nSPS) is 27.5. The Morgan fingerprint density at radius 3 is 2.47 bits per heavy atom. The molecule has 0 aromatic rings. The van der Waals surface area contributed by atoms with Crippen molar-refractivity contribution in [2.24, 2.45) is 5.41 Å². The van der Waals surface area contributed by atoms with E-state index in [9.17, 15) is 4.79 Å². The van der Waals surface area contributed by atoms with Crippen LogP contribution in [0.2, 0.25) is 0 Å². The summed E-state index contributed by atoms with van der Waals surface area (Å²) in [6, 6.07) is 0.0485. The fourth-order valence-corrected chi connectivity index (χ4v) is 2.06. The van der Waals surface area contributed by atoms with Crippen LogP contribution in [-0.4, -0.2) is 29.6 Å². The minimum atomic E-state index is 0.0485. The van der Waals surface area contributed by atoms with Gasteiger partial charge in [0.05, 0.1) is 12.2 Å². The summed E-state index contributed by atoms with van der Waals surface area (Å²) in [5.41, 5.74) is 0.173. The van der Waals surface area contributed by atoms with Crippen LogP contribution in [0, 0.1) is 5.41 Å². The van der Waals surface area contributed by atoms with E-state index in [2.05, 4.69) is 39.9 Å². The first-order valence-corrected chi connectivity index (χ1v) is 5.91. The lowest BCUT2D eigenvalue weighted by Crippen LogP contribution is -2.40. The van der Waals surface area contributed by atoms with Crippen LogP contribution in [0.3, 0.4) is 0 Å². The summed E-state index contributed by atoms with van der Waals surface area (Å²) in [5, 5.41) is 3.35. The molecule has 1 heterocycles. The number of nitrogens with one attached hydrogen (secondary N) is 1. The minimum Gasteiger partial charge on any atom is -0.326 e. The molecule has 2 atom stereocenters. The molecule has 0 aromatic carbocycles. The average Bonchev–Trinajstić information content (AvgIpc) is 2.32. The number of nitrogens with zero attached hydrogens (tertiary/aromatic N) is 1. The van der Waals surface area contributed by atoms with Crippen LogP contribution in [0.5, 0.6) is 0 Å². The standard InChI is InChI=1S/C12H24N2O/c1-6-7-10-11(15)14(9(2)13-10)8-12(3,4)5/h9-10,13H,6-8H2,1-5H3. The lowest BCUT2D eigenvalue weighted by molar-refractivity contribution is -0.131. The Kier molecular flexibility index (Phi) is 3.77. The van der Waals surface area contributed by atoms with Crippen molar-refractivity contribution in [3.63, 3.8) is 0 Å². The van der Waals surface area contributed by atoms with Crippen molar-refractivity contribution < 1.29 is 4.79 Å². The highest BCUT2D eigenvalue weighted by atomic mass is 16.2. The summed E-state index contributed by atoms with van der Waals surface area (Å²) in [5.74, 6) is 0.277. The van der Waals surface area contributed by atoms with Crippen molar-refractivity contribution >= 4 is 5.91 Å². The Balaban J connectivity index is 2.62. The first-order chi connectivity index (χ1) is 6.85. The highest BCUT2D eigenvalue weighted by molar-refractivity contribution is 5.84. The van der Waals surface area contributed by atoms with E-state index in [-0.39, 0.29) is 23.5 Å². The van der Waals surface area contributed by atoms with Gasteiger partial charge in [-0.25, -0.2) is 0 Å². The SMILES string of the molecule is CCCC1NC(C)N(CC(C)(C)C)C1=O. The lowest BCUT2D eigenvalue weighted by atomic mass is 9.96. The Morgan fingerprint density at radius 1 is 1.40 bits per heavy atom. The summed E-state index contributed by atoms with van der Waals surface area (Å²) < 4.78 is 0. The topological polar surface area (TPSA) is 32.3 Å². The summed E-state index contributed by atoms with van der Waals surface area (Å²) in [6.07, 6.45) is 2.19. The maximum absolute atomic E-state index is 12.0. The molecular weight excluding hydrogens is 188 g/mol. The van der Waals surface area contributed by atoms with Crippen molar-refractivity contribution in [3.05, 3.63) is 0 Å². The molecule has 1 aliphatic heterocycles. The van der Waals surface area contributed by atoms with Crippen molar-refractivity contribution in [2.45, 2.75) is 59.7 Å². The molecular formula is C12H24N2O. The van der Waals surface area contributed by atoms with Gasteiger partial charge in [-0.1, -0.05) is 34.1 Å². The van der Waals surface area contributed by atoms with E-state index in [1.165, 1.54) is 0 Å². The molecule has 3 heteroatoms. The zero-order valence-electron chi connectivity index (χ0n) is 10.6. The van der Waals surface area contributed by atoms with E-state index >= 15 is 0 Å². The molecule has 15 heavy (non-hydrogen) atoms. The Hall–Kier alpha value is -0.570. The van der Waals surface area contributed by atoms with Gasteiger partial charge in [0.2, 0.25) is 5.91 Å². The second kappa shape index (κ2) is 4.52. The Morgan fingerprint density at radius 2 is 2.00 bits per heavy atom. The largest absolute Gasteiger partial charge is 0.326 e. The molecule has 1 saturated heterocycles. The molecule has 3 nitrogen and oxygen atoms in total. The van der Waals surface area contributed by atoms with Crippen molar-refractivity contribution in [3.8, 4) is 0 Å². The van der Waals surface area contributed by atoms with Gasteiger partial charge in [0.1, 0.15) is 0 Å². The fourth-order valence-electron chi connectivity index (χ4n) is 2.06. The van der Waals surface area contributed by atoms with Gasteiger partial charge < -0.3 is 4.90 Å². The molecule has 0 spiro atoms. The first kappa shape index (κ1) is 12.5. The minimum absolute atomic E-state index is 0.0485. The molecule has 2 unspecified atom stereocenters.